The Bertz CT molecular complexity index is 1280. The van der Waals surface area contributed by atoms with Crippen LogP contribution in [0.1, 0.15) is 22.7 Å². The smallest absolute Gasteiger partial charge is 0.416 e. The van der Waals surface area contributed by atoms with Crippen molar-refractivity contribution in [2.75, 3.05) is 4.90 Å². The summed E-state index contributed by atoms with van der Waals surface area (Å²) in [6.45, 7) is 0. The number of hydrogen-bond donors (Lipinski definition) is 1. The summed E-state index contributed by atoms with van der Waals surface area (Å²) >= 11 is 0. The number of hydrogen-bond acceptors (Lipinski definition) is 3. The van der Waals surface area contributed by atoms with E-state index in [4.69, 9.17) is 0 Å². The third-order valence-corrected chi connectivity index (χ3v) is 5.21. The molecule has 4 rings (SSSR count). The molecule has 0 spiro atoms. The van der Waals surface area contributed by atoms with E-state index in [-0.39, 0.29) is 16.8 Å². The van der Waals surface area contributed by atoms with E-state index in [1.54, 1.807) is 0 Å². The highest BCUT2D eigenvalue weighted by atomic mass is 19.4. The van der Waals surface area contributed by atoms with Gasteiger partial charge in [-0.3, -0.25) is 14.5 Å². The maximum absolute atomic E-state index is 14.8. The molecule has 1 aliphatic rings. The Morgan fingerprint density at radius 2 is 1.55 bits per heavy atom. The zero-order valence-electron chi connectivity index (χ0n) is 16.6. The molecule has 0 unspecified atom stereocenters. The van der Waals surface area contributed by atoms with Crippen LogP contribution in [0, 0.1) is 11.6 Å². The van der Waals surface area contributed by atoms with Gasteiger partial charge in [0, 0.05) is 16.8 Å². The first kappa shape index (κ1) is 22.2. The highest BCUT2D eigenvalue weighted by molar-refractivity contribution is 6.51. The second-order valence-electron chi connectivity index (χ2n) is 7.25. The molecule has 1 fully saturated rings. The Balaban J connectivity index is 1.97. The lowest BCUT2D eigenvalue weighted by Gasteiger charge is -2.26. The normalized spacial score (nSPS) is 18.1. The lowest BCUT2D eigenvalue weighted by molar-refractivity contribution is -0.137. The van der Waals surface area contributed by atoms with E-state index in [2.05, 4.69) is 0 Å². The number of alkyl halides is 3. The van der Waals surface area contributed by atoms with Crippen molar-refractivity contribution in [2.45, 2.75) is 12.2 Å². The van der Waals surface area contributed by atoms with Crippen LogP contribution in [-0.4, -0.2) is 16.8 Å². The Hall–Kier alpha value is -4.01. The van der Waals surface area contributed by atoms with Gasteiger partial charge >= 0.3 is 6.18 Å². The molecule has 1 atom stereocenters. The van der Waals surface area contributed by atoms with Crippen molar-refractivity contribution in [3.63, 3.8) is 0 Å². The van der Waals surface area contributed by atoms with Gasteiger partial charge in [-0.25, -0.2) is 8.78 Å². The molecule has 3 aromatic rings. The van der Waals surface area contributed by atoms with Gasteiger partial charge in [-0.2, -0.15) is 13.2 Å². The molecule has 0 aliphatic carbocycles. The summed E-state index contributed by atoms with van der Waals surface area (Å²) in [5.41, 5.74) is -2.15. The number of anilines is 1. The van der Waals surface area contributed by atoms with Crippen molar-refractivity contribution < 1.29 is 36.6 Å². The summed E-state index contributed by atoms with van der Waals surface area (Å²) in [4.78, 5) is 26.6. The summed E-state index contributed by atoms with van der Waals surface area (Å²) in [7, 11) is 0. The van der Waals surface area contributed by atoms with Crippen LogP contribution in [0.5, 0.6) is 0 Å². The molecule has 1 heterocycles. The molecule has 9 heteroatoms. The quantitative estimate of drug-likeness (QED) is 0.240. The molecule has 1 N–H and O–H groups in total. The first-order chi connectivity index (χ1) is 15.6. The fraction of sp³-hybridized carbons (Fsp3) is 0.0833. The molecule has 1 amide bonds. The molecule has 3 aromatic carbocycles. The van der Waals surface area contributed by atoms with Crippen molar-refractivity contribution in [1.82, 2.24) is 0 Å². The van der Waals surface area contributed by atoms with E-state index in [0.29, 0.717) is 11.0 Å². The van der Waals surface area contributed by atoms with E-state index >= 15 is 0 Å². The van der Waals surface area contributed by atoms with E-state index in [1.165, 1.54) is 24.3 Å². The highest BCUT2D eigenvalue weighted by Crippen LogP contribution is 2.44. The van der Waals surface area contributed by atoms with Crippen LogP contribution in [0.3, 0.4) is 0 Å². The number of aliphatic hydroxyl groups excluding tert-OH is 1. The number of Topliss-reactive ketones (excluding diaryl/α,β-unsaturated/α-hetero) is 1. The van der Waals surface area contributed by atoms with Crippen LogP contribution < -0.4 is 4.90 Å². The molecule has 0 bridgehead atoms. The SMILES string of the molecule is O=C1C(=O)N(c2cccc(C(F)(F)F)c2)[C@H](c2ccccc2F)C1=C(O)c1ccc(F)cc1. The molecular weight excluding hydrogens is 445 g/mol. The van der Waals surface area contributed by atoms with Crippen molar-refractivity contribution in [2.24, 2.45) is 0 Å². The average molecular weight is 459 g/mol. The van der Waals surface area contributed by atoms with Gasteiger partial charge in [-0.1, -0.05) is 24.3 Å². The number of nitrogens with zero attached hydrogens (tertiary/aromatic N) is 1. The third-order valence-electron chi connectivity index (χ3n) is 5.21. The largest absolute Gasteiger partial charge is 0.507 e. The van der Waals surface area contributed by atoms with Crippen molar-refractivity contribution in [1.29, 1.82) is 0 Å². The van der Waals surface area contributed by atoms with Gasteiger partial charge in [-0.15, -0.1) is 0 Å². The number of aliphatic hydroxyl groups is 1. The molecule has 0 aromatic heterocycles. The van der Waals surface area contributed by atoms with E-state index in [9.17, 15) is 36.6 Å². The molecular formula is C24H14F5NO3. The van der Waals surface area contributed by atoms with Gasteiger partial charge in [-0.05, 0) is 48.5 Å². The molecule has 33 heavy (non-hydrogen) atoms. The van der Waals surface area contributed by atoms with Crippen LogP contribution >= 0.6 is 0 Å². The number of halogens is 5. The van der Waals surface area contributed by atoms with E-state index in [1.807, 2.05) is 0 Å². The minimum Gasteiger partial charge on any atom is -0.507 e. The molecule has 4 nitrogen and oxygen atoms in total. The predicted molar refractivity (Wildman–Crippen MR) is 109 cm³/mol. The summed E-state index contributed by atoms with van der Waals surface area (Å²) in [6, 6.07) is 11.5. The molecule has 0 radical (unpaired) electrons. The van der Waals surface area contributed by atoms with Gasteiger partial charge in [0.05, 0.1) is 17.2 Å². The predicted octanol–water partition coefficient (Wildman–Crippen LogP) is 5.61. The van der Waals surface area contributed by atoms with Crippen LogP contribution in [0.2, 0.25) is 0 Å². The van der Waals surface area contributed by atoms with Gasteiger partial charge in [0.2, 0.25) is 0 Å². The van der Waals surface area contributed by atoms with Crippen LogP contribution in [0.25, 0.3) is 5.76 Å². The summed E-state index contributed by atoms with van der Waals surface area (Å²) in [5, 5.41) is 10.8. The zero-order valence-corrected chi connectivity index (χ0v) is 16.6. The maximum Gasteiger partial charge on any atom is 0.416 e. The Labute approximate surface area is 184 Å². The first-order valence-corrected chi connectivity index (χ1v) is 9.58. The number of carbonyl (C=O) groups is 2. The summed E-state index contributed by atoms with van der Waals surface area (Å²) in [6.07, 6.45) is -4.73. The van der Waals surface area contributed by atoms with E-state index < -0.39 is 52.4 Å². The molecule has 0 saturated carbocycles. The fourth-order valence-corrected chi connectivity index (χ4v) is 3.69. The number of ketones is 1. The van der Waals surface area contributed by atoms with Crippen molar-refractivity contribution in [3.8, 4) is 0 Å². The van der Waals surface area contributed by atoms with Crippen LogP contribution in [0.4, 0.5) is 27.6 Å². The summed E-state index contributed by atoms with van der Waals surface area (Å²) in [5.74, 6) is -4.64. The third kappa shape index (κ3) is 3.97. The number of rotatable bonds is 3. The monoisotopic (exact) mass is 459 g/mol. The van der Waals surface area contributed by atoms with Gasteiger partial charge in [0.15, 0.2) is 0 Å². The number of carbonyl (C=O) groups excluding carboxylic acids is 2. The zero-order chi connectivity index (χ0) is 23.9. The second kappa shape index (κ2) is 8.16. The standard InChI is InChI=1S/C24H14F5NO3/c25-15-10-8-13(9-11-15)21(31)19-20(17-6-1-2-7-18(17)26)30(23(33)22(19)32)16-5-3-4-14(12-16)24(27,28)29/h1-12,20,31H/t20-/m1/s1. The lowest BCUT2D eigenvalue weighted by atomic mass is 9.94. The maximum atomic E-state index is 14.8. The van der Waals surface area contributed by atoms with Crippen LogP contribution in [-0.2, 0) is 15.8 Å². The minimum atomic E-state index is -4.73. The molecule has 1 saturated heterocycles. The number of amides is 1. The topological polar surface area (TPSA) is 57.6 Å². The highest BCUT2D eigenvalue weighted by Gasteiger charge is 2.48. The van der Waals surface area contributed by atoms with Gasteiger partial charge in [0.25, 0.3) is 11.7 Å². The summed E-state index contributed by atoms with van der Waals surface area (Å²) < 4.78 is 67.9. The first-order valence-electron chi connectivity index (χ1n) is 9.58. The van der Waals surface area contributed by atoms with Gasteiger partial charge < -0.3 is 5.11 Å². The Morgan fingerprint density at radius 3 is 2.18 bits per heavy atom. The molecule has 1 aliphatic heterocycles. The van der Waals surface area contributed by atoms with Crippen molar-refractivity contribution in [3.05, 3.63) is 107 Å². The van der Waals surface area contributed by atoms with Crippen molar-refractivity contribution >= 4 is 23.1 Å². The number of benzene rings is 3. The molecule has 168 valence electrons. The Morgan fingerprint density at radius 1 is 0.879 bits per heavy atom. The van der Waals surface area contributed by atoms with Gasteiger partial charge in [0.1, 0.15) is 17.4 Å². The lowest BCUT2D eigenvalue weighted by Crippen LogP contribution is -2.30. The Kier molecular flexibility index (Phi) is 5.49. The average Bonchev–Trinajstić information content (AvgIpc) is 3.04. The van der Waals surface area contributed by atoms with Crippen LogP contribution in [0.15, 0.2) is 78.4 Å². The fourth-order valence-electron chi connectivity index (χ4n) is 3.69. The van der Waals surface area contributed by atoms with E-state index in [0.717, 1.165) is 42.5 Å². The minimum absolute atomic E-state index is 0.0280. The second-order valence-corrected chi connectivity index (χ2v) is 7.25.